The first-order valence-corrected chi connectivity index (χ1v) is 7.22. The third-order valence-corrected chi connectivity index (χ3v) is 4.22. The minimum atomic E-state index is 0.157. The van der Waals surface area contributed by atoms with Crippen molar-refractivity contribution in [1.29, 1.82) is 5.26 Å². The van der Waals surface area contributed by atoms with Gasteiger partial charge in [0.25, 0.3) is 0 Å². The van der Waals surface area contributed by atoms with E-state index in [0.717, 1.165) is 33.9 Å². The van der Waals surface area contributed by atoms with Crippen LogP contribution in [0.5, 0.6) is 0 Å². The Balaban J connectivity index is 1.96. The molecule has 17 heavy (non-hydrogen) atoms. The summed E-state index contributed by atoms with van der Waals surface area (Å²) in [7, 11) is 0. The maximum absolute atomic E-state index is 9.00. The van der Waals surface area contributed by atoms with Gasteiger partial charge in [-0.1, -0.05) is 6.42 Å². The normalized spacial score (nSPS) is 23.6. The fraction of sp³-hybridized carbons (Fsp3) is 0.500. The number of nitrogens with zero attached hydrogens (tertiary/aromatic N) is 2. The number of hydrogen-bond donors (Lipinski definition) is 1. The zero-order valence-electron chi connectivity index (χ0n) is 9.29. The van der Waals surface area contributed by atoms with E-state index in [9.17, 15) is 0 Å². The summed E-state index contributed by atoms with van der Waals surface area (Å²) in [6.45, 7) is 0.705. The summed E-state index contributed by atoms with van der Waals surface area (Å²) in [5.41, 5.74) is 0.983. The predicted molar refractivity (Wildman–Crippen MR) is 73.2 cm³/mol. The summed E-state index contributed by atoms with van der Waals surface area (Å²) in [6, 6.07) is 4.68. The maximum Gasteiger partial charge on any atom is 0.0684 e. The lowest BCUT2D eigenvalue weighted by Gasteiger charge is -2.15. The summed E-state index contributed by atoms with van der Waals surface area (Å²) in [5, 5.41) is 12.4. The fourth-order valence-corrected chi connectivity index (χ4v) is 3.29. The number of nitrogens with one attached hydrogen (secondary N) is 1. The molecular formula is C12H13Br2N3. The number of aromatic nitrogens is 1. The number of pyridine rings is 1. The van der Waals surface area contributed by atoms with Crippen LogP contribution >= 0.6 is 31.9 Å². The molecule has 0 amide bonds. The minimum absolute atomic E-state index is 0.157. The molecule has 1 saturated carbocycles. The van der Waals surface area contributed by atoms with Crippen molar-refractivity contribution >= 4 is 31.9 Å². The van der Waals surface area contributed by atoms with E-state index in [0.29, 0.717) is 12.6 Å². The van der Waals surface area contributed by atoms with Gasteiger partial charge in [0.05, 0.1) is 17.7 Å². The highest BCUT2D eigenvalue weighted by Crippen LogP contribution is 2.26. The molecule has 1 aliphatic rings. The number of hydrogen-bond acceptors (Lipinski definition) is 3. The van der Waals surface area contributed by atoms with Crippen molar-refractivity contribution in [2.75, 3.05) is 0 Å². The van der Waals surface area contributed by atoms with Gasteiger partial charge in [-0.3, -0.25) is 4.98 Å². The first-order valence-electron chi connectivity index (χ1n) is 5.63. The highest BCUT2D eigenvalue weighted by molar-refractivity contribution is 9.11. The summed E-state index contributed by atoms with van der Waals surface area (Å²) >= 11 is 6.87. The largest absolute Gasteiger partial charge is 0.307 e. The lowest BCUT2D eigenvalue weighted by atomic mass is 10.1. The molecule has 1 N–H and O–H groups in total. The lowest BCUT2D eigenvalue weighted by Crippen LogP contribution is -2.31. The van der Waals surface area contributed by atoms with Gasteiger partial charge in [-0.15, -0.1) is 0 Å². The van der Waals surface area contributed by atoms with Crippen LogP contribution in [0.2, 0.25) is 0 Å². The predicted octanol–water partition coefficient (Wildman–Crippen LogP) is 3.39. The van der Waals surface area contributed by atoms with Crippen LogP contribution in [-0.2, 0) is 6.54 Å². The van der Waals surface area contributed by atoms with Gasteiger partial charge >= 0.3 is 0 Å². The second kappa shape index (κ2) is 5.94. The third-order valence-electron chi connectivity index (χ3n) is 3.10. The summed E-state index contributed by atoms with van der Waals surface area (Å²) < 4.78 is 1.95. The molecule has 90 valence electrons. The Morgan fingerprint density at radius 3 is 3.00 bits per heavy atom. The Morgan fingerprint density at radius 1 is 1.47 bits per heavy atom. The van der Waals surface area contributed by atoms with Gasteiger partial charge in [0.2, 0.25) is 0 Å². The van der Waals surface area contributed by atoms with Gasteiger partial charge in [-0.25, -0.2) is 0 Å². The molecule has 1 heterocycles. The summed E-state index contributed by atoms with van der Waals surface area (Å²) in [5.74, 6) is 0.157. The Hall–Kier alpha value is -0.440. The molecule has 0 spiro atoms. The second-order valence-corrected chi connectivity index (χ2v) is 6.01. The van der Waals surface area contributed by atoms with E-state index in [4.69, 9.17) is 5.26 Å². The smallest absolute Gasteiger partial charge is 0.0684 e. The van der Waals surface area contributed by atoms with Crippen molar-refractivity contribution in [3.8, 4) is 6.07 Å². The summed E-state index contributed by atoms with van der Waals surface area (Å²) in [4.78, 5) is 4.35. The Morgan fingerprint density at radius 2 is 2.29 bits per heavy atom. The zero-order valence-corrected chi connectivity index (χ0v) is 12.5. The van der Waals surface area contributed by atoms with Crippen molar-refractivity contribution < 1.29 is 0 Å². The molecule has 0 bridgehead atoms. The van der Waals surface area contributed by atoms with Crippen molar-refractivity contribution in [1.82, 2.24) is 10.3 Å². The average molecular weight is 359 g/mol. The first-order chi connectivity index (χ1) is 8.20. The van der Waals surface area contributed by atoms with E-state index in [1.54, 1.807) is 6.20 Å². The van der Waals surface area contributed by atoms with Crippen molar-refractivity contribution in [2.24, 2.45) is 5.92 Å². The van der Waals surface area contributed by atoms with E-state index >= 15 is 0 Å². The Bertz CT molecular complexity index is 442. The highest BCUT2D eigenvalue weighted by Gasteiger charge is 2.26. The average Bonchev–Trinajstić information content (AvgIpc) is 2.75. The van der Waals surface area contributed by atoms with Crippen LogP contribution in [-0.4, -0.2) is 11.0 Å². The molecule has 1 fully saturated rings. The molecule has 0 saturated heterocycles. The van der Waals surface area contributed by atoms with Gasteiger partial charge in [0.1, 0.15) is 0 Å². The molecular weight excluding hydrogens is 346 g/mol. The zero-order chi connectivity index (χ0) is 12.3. The van der Waals surface area contributed by atoms with Gasteiger partial charge < -0.3 is 5.32 Å². The highest BCUT2D eigenvalue weighted by atomic mass is 79.9. The van der Waals surface area contributed by atoms with Crippen LogP contribution in [0.15, 0.2) is 21.2 Å². The Labute approximate surface area is 118 Å². The first kappa shape index (κ1) is 13.0. The molecule has 0 aromatic carbocycles. The molecule has 2 rings (SSSR count). The summed E-state index contributed by atoms with van der Waals surface area (Å²) in [6.07, 6.45) is 5.04. The third kappa shape index (κ3) is 3.27. The topological polar surface area (TPSA) is 48.7 Å². The van der Waals surface area contributed by atoms with Gasteiger partial charge in [0, 0.05) is 27.7 Å². The Kier molecular flexibility index (Phi) is 4.55. The SMILES string of the molecule is N#CC1CCCC1NCc1ncc(Br)cc1Br. The van der Waals surface area contributed by atoms with E-state index in [1.165, 1.54) is 0 Å². The fourth-order valence-electron chi connectivity index (χ4n) is 2.16. The molecule has 1 aromatic rings. The molecule has 5 heteroatoms. The van der Waals surface area contributed by atoms with E-state index in [-0.39, 0.29) is 5.92 Å². The number of rotatable bonds is 3. The van der Waals surface area contributed by atoms with Crippen LogP contribution < -0.4 is 5.32 Å². The second-order valence-electron chi connectivity index (χ2n) is 4.24. The lowest BCUT2D eigenvalue weighted by molar-refractivity contribution is 0.461. The van der Waals surface area contributed by atoms with E-state index < -0.39 is 0 Å². The van der Waals surface area contributed by atoms with Crippen molar-refractivity contribution in [2.45, 2.75) is 31.8 Å². The van der Waals surface area contributed by atoms with E-state index in [2.05, 4.69) is 48.2 Å². The number of halogens is 2. The number of nitriles is 1. The molecule has 1 aliphatic carbocycles. The molecule has 2 atom stereocenters. The molecule has 2 unspecified atom stereocenters. The molecule has 0 aliphatic heterocycles. The van der Waals surface area contributed by atoms with Gasteiger partial charge in [-0.05, 0) is 50.8 Å². The van der Waals surface area contributed by atoms with Crippen LogP contribution in [0.3, 0.4) is 0 Å². The van der Waals surface area contributed by atoms with Crippen LogP contribution in [0.4, 0.5) is 0 Å². The standard InChI is InChI=1S/C12H13Br2N3/c13-9-4-10(14)12(16-6-9)7-17-11-3-1-2-8(11)5-15/h4,6,8,11,17H,1-3,7H2. The quantitative estimate of drug-likeness (QED) is 0.900. The minimum Gasteiger partial charge on any atom is -0.307 e. The van der Waals surface area contributed by atoms with Gasteiger partial charge in [-0.2, -0.15) is 5.26 Å². The maximum atomic E-state index is 9.00. The van der Waals surface area contributed by atoms with Crippen LogP contribution in [0, 0.1) is 17.2 Å². The van der Waals surface area contributed by atoms with Gasteiger partial charge in [0.15, 0.2) is 0 Å². The van der Waals surface area contributed by atoms with E-state index in [1.807, 2.05) is 6.07 Å². The van der Waals surface area contributed by atoms with Crippen LogP contribution in [0.1, 0.15) is 25.0 Å². The molecule has 0 radical (unpaired) electrons. The molecule has 1 aromatic heterocycles. The van der Waals surface area contributed by atoms with Crippen LogP contribution in [0.25, 0.3) is 0 Å². The van der Waals surface area contributed by atoms with Crippen molar-refractivity contribution in [3.05, 3.63) is 26.9 Å². The monoisotopic (exact) mass is 357 g/mol. The molecule has 3 nitrogen and oxygen atoms in total. The van der Waals surface area contributed by atoms with Crippen molar-refractivity contribution in [3.63, 3.8) is 0 Å².